The van der Waals surface area contributed by atoms with Crippen molar-refractivity contribution < 1.29 is 0 Å². The van der Waals surface area contributed by atoms with Gasteiger partial charge in [-0.15, -0.1) is 0 Å². The second kappa shape index (κ2) is 0.798. The number of rotatable bonds is 1. The fraction of sp³-hybridized carbons (Fsp3) is 0. The molecule has 0 spiro atoms. The van der Waals surface area contributed by atoms with Gasteiger partial charge in [-0.1, -0.05) is 18.7 Å². The molecular formula is C8H5N. The van der Waals surface area contributed by atoms with Crippen LogP contribution in [0, 0.1) is 0 Å². The minimum Gasteiger partial charge on any atom is -0.302 e. The third-order valence-corrected chi connectivity index (χ3v) is 1.97. The molecular weight excluding hydrogens is 110 g/mol. The summed E-state index contributed by atoms with van der Waals surface area (Å²) in [6, 6.07) is 4.25. The van der Waals surface area contributed by atoms with Crippen LogP contribution in [0.3, 0.4) is 0 Å². The van der Waals surface area contributed by atoms with Crippen LogP contribution in [0.5, 0.6) is 0 Å². The summed E-state index contributed by atoms with van der Waals surface area (Å²) >= 11 is 0. The van der Waals surface area contributed by atoms with E-state index in [1.54, 1.807) is 0 Å². The lowest BCUT2D eigenvalue weighted by molar-refractivity contribution is 1.61. The van der Waals surface area contributed by atoms with Gasteiger partial charge in [-0.2, -0.15) is 0 Å². The van der Waals surface area contributed by atoms with Crippen LogP contribution in [0.25, 0.3) is 6.08 Å². The Morgan fingerprint density at radius 1 is 1.33 bits per heavy atom. The standard InChI is InChI=1S/C8H5N/c1-2-5-3-4-6-8-7(5)9(6)8/h2-4H,1H2. The van der Waals surface area contributed by atoms with Crippen molar-refractivity contribution in [3.8, 4) is 0 Å². The molecule has 1 aromatic carbocycles. The molecule has 4 rings (SSSR count). The molecule has 0 amide bonds. The molecule has 3 heterocycles. The van der Waals surface area contributed by atoms with E-state index in [0.717, 1.165) is 0 Å². The van der Waals surface area contributed by atoms with E-state index < -0.39 is 0 Å². The maximum atomic E-state index is 3.71. The van der Waals surface area contributed by atoms with Gasteiger partial charge in [0, 0.05) is 5.56 Å². The Labute approximate surface area is 53.2 Å². The SMILES string of the molecule is C=Cc1ccc2c3c1N23. The van der Waals surface area contributed by atoms with E-state index >= 15 is 0 Å². The first-order chi connectivity index (χ1) is 4.43. The highest BCUT2D eigenvalue weighted by atomic mass is 15.4. The summed E-state index contributed by atoms with van der Waals surface area (Å²) in [5.41, 5.74) is 5.55. The van der Waals surface area contributed by atoms with Gasteiger partial charge in [0.2, 0.25) is 0 Å². The van der Waals surface area contributed by atoms with E-state index in [0.29, 0.717) is 0 Å². The minimum absolute atomic E-state index is 1.28. The van der Waals surface area contributed by atoms with Crippen LogP contribution in [0.2, 0.25) is 0 Å². The fourth-order valence-corrected chi connectivity index (χ4v) is 1.36. The lowest BCUT2D eigenvalue weighted by Gasteiger charge is -1.96. The molecule has 3 aliphatic heterocycles. The van der Waals surface area contributed by atoms with Crippen LogP contribution < -0.4 is 4.90 Å². The van der Waals surface area contributed by atoms with E-state index in [4.69, 9.17) is 0 Å². The molecule has 0 N–H and O–H groups in total. The quantitative estimate of drug-likeness (QED) is 0.440. The molecule has 0 saturated carbocycles. The van der Waals surface area contributed by atoms with Crippen LogP contribution in [0.15, 0.2) is 18.7 Å². The normalized spacial score (nSPS) is 14.9. The Kier molecular flexibility index (Phi) is 0.330. The van der Waals surface area contributed by atoms with Crippen LogP contribution in [0.1, 0.15) is 5.56 Å². The molecule has 0 atom stereocenters. The first-order valence-electron chi connectivity index (χ1n) is 3.03. The molecule has 0 unspecified atom stereocenters. The molecule has 1 nitrogen and oxygen atoms in total. The van der Waals surface area contributed by atoms with E-state index in [1.165, 1.54) is 22.6 Å². The van der Waals surface area contributed by atoms with Gasteiger partial charge < -0.3 is 4.90 Å². The number of fused-ring (bicyclic) bond motifs is 2. The van der Waals surface area contributed by atoms with Gasteiger partial charge in [0.05, 0.1) is 17.1 Å². The summed E-state index contributed by atoms with van der Waals surface area (Å²) < 4.78 is 0. The van der Waals surface area contributed by atoms with Crippen LogP contribution in [-0.4, -0.2) is 0 Å². The lowest BCUT2D eigenvalue weighted by Crippen LogP contribution is -1.78. The van der Waals surface area contributed by atoms with E-state index in [2.05, 4.69) is 23.6 Å². The number of hydrogen-bond donors (Lipinski definition) is 0. The highest BCUT2D eigenvalue weighted by Gasteiger charge is 2.51. The first-order valence-corrected chi connectivity index (χ1v) is 3.03. The summed E-state index contributed by atoms with van der Waals surface area (Å²) in [4.78, 5) is 2.25. The van der Waals surface area contributed by atoms with Gasteiger partial charge in [-0.25, -0.2) is 0 Å². The van der Waals surface area contributed by atoms with Crippen molar-refractivity contribution in [1.82, 2.24) is 0 Å². The van der Waals surface area contributed by atoms with E-state index in [1.807, 2.05) is 6.08 Å². The highest BCUT2D eigenvalue weighted by Crippen LogP contribution is 2.75. The average molecular weight is 115 g/mol. The summed E-state index contributed by atoms with van der Waals surface area (Å²) in [5, 5.41) is 0. The summed E-state index contributed by atoms with van der Waals surface area (Å²) in [7, 11) is 0. The largest absolute Gasteiger partial charge is 0.302 e. The zero-order valence-corrected chi connectivity index (χ0v) is 4.89. The molecule has 0 aromatic heterocycles. The molecule has 2 bridgehead atoms. The van der Waals surface area contributed by atoms with Gasteiger partial charge >= 0.3 is 0 Å². The van der Waals surface area contributed by atoms with E-state index in [9.17, 15) is 0 Å². The van der Waals surface area contributed by atoms with Crippen molar-refractivity contribution in [1.29, 1.82) is 0 Å². The topological polar surface area (TPSA) is 3.01 Å². The van der Waals surface area contributed by atoms with Gasteiger partial charge in [0.15, 0.2) is 0 Å². The minimum atomic E-state index is 1.28. The number of hydrogen-bond acceptors (Lipinski definition) is 1. The average Bonchev–Trinajstić information content (AvgIpc) is 2.75. The second-order valence-electron chi connectivity index (χ2n) is 2.41. The van der Waals surface area contributed by atoms with Crippen molar-refractivity contribution >= 4 is 23.1 Å². The second-order valence-corrected chi connectivity index (χ2v) is 2.41. The smallest absolute Gasteiger partial charge is 0.0954 e. The Hall–Kier alpha value is -1.24. The van der Waals surface area contributed by atoms with Crippen LogP contribution in [0.4, 0.5) is 17.1 Å². The predicted molar refractivity (Wildman–Crippen MR) is 38.3 cm³/mol. The Balaban J connectivity index is 2.40. The molecule has 9 heavy (non-hydrogen) atoms. The molecule has 1 aromatic rings. The Morgan fingerprint density at radius 3 is 2.56 bits per heavy atom. The van der Waals surface area contributed by atoms with Gasteiger partial charge in [-0.3, -0.25) is 0 Å². The highest BCUT2D eigenvalue weighted by molar-refractivity contribution is 6.26. The third kappa shape index (κ3) is 0.231. The molecule has 1 heteroatoms. The zero-order chi connectivity index (χ0) is 6.01. The lowest BCUT2D eigenvalue weighted by atomic mass is 10.2. The Bertz CT molecular complexity index is 326. The monoisotopic (exact) mass is 115 g/mol. The maximum absolute atomic E-state index is 3.71. The fourth-order valence-electron chi connectivity index (χ4n) is 1.36. The summed E-state index contributed by atoms with van der Waals surface area (Å²) in [5.74, 6) is 0. The first kappa shape index (κ1) is 3.72. The van der Waals surface area contributed by atoms with Crippen molar-refractivity contribution in [3.05, 3.63) is 24.3 Å². The van der Waals surface area contributed by atoms with Crippen molar-refractivity contribution in [2.45, 2.75) is 0 Å². The third-order valence-electron chi connectivity index (χ3n) is 1.97. The molecule has 3 aliphatic rings. The number of benzene rings is 1. The van der Waals surface area contributed by atoms with Crippen LogP contribution >= 0.6 is 0 Å². The van der Waals surface area contributed by atoms with Crippen molar-refractivity contribution in [2.24, 2.45) is 0 Å². The molecule has 0 fully saturated rings. The summed E-state index contributed by atoms with van der Waals surface area (Å²) in [6.45, 7) is 3.71. The Morgan fingerprint density at radius 2 is 2.11 bits per heavy atom. The zero-order valence-electron chi connectivity index (χ0n) is 4.89. The van der Waals surface area contributed by atoms with Crippen molar-refractivity contribution in [3.63, 3.8) is 0 Å². The van der Waals surface area contributed by atoms with Gasteiger partial charge in [0.25, 0.3) is 0 Å². The number of anilines is 3. The summed E-state index contributed by atoms with van der Waals surface area (Å²) in [6.07, 6.45) is 1.90. The van der Waals surface area contributed by atoms with Gasteiger partial charge in [0.1, 0.15) is 0 Å². The molecule has 42 valence electrons. The maximum Gasteiger partial charge on any atom is 0.0954 e. The van der Waals surface area contributed by atoms with E-state index in [-0.39, 0.29) is 0 Å². The number of nitrogens with zero attached hydrogens (tertiary/aromatic N) is 1. The predicted octanol–water partition coefficient (Wildman–Crippen LogP) is 2.43. The van der Waals surface area contributed by atoms with Crippen LogP contribution in [-0.2, 0) is 0 Å². The van der Waals surface area contributed by atoms with Gasteiger partial charge in [-0.05, 0) is 6.07 Å². The van der Waals surface area contributed by atoms with Crippen molar-refractivity contribution in [2.75, 3.05) is 4.90 Å². The molecule has 0 radical (unpaired) electrons. The molecule has 0 saturated heterocycles. The molecule has 0 aliphatic carbocycles.